The minimum atomic E-state index is 0.508. The first kappa shape index (κ1) is 17.2. The predicted octanol–water partition coefficient (Wildman–Crippen LogP) is 4.20. The van der Waals surface area contributed by atoms with Crippen LogP contribution in [0.5, 0.6) is 0 Å². The Kier molecular flexibility index (Phi) is 7.90. The summed E-state index contributed by atoms with van der Waals surface area (Å²) in [6, 6.07) is 3.32. The van der Waals surface area contributed by atoms with Crippen LogP contribution in [-0.2, 0) is 6.42 Å². The molecule has 0 aliphatic heterocycles. The largest absolute Gasteiger partial charge is 0.314 e. The molecule has 3 heteroatoms. The SMILES string of the molecule is CCCNC(CCc1ccn(C(C)CC)n1)CC(C)C. The van der Waals surface area contributed by atoms with Crippen LogP contribution in [0, 0.1) is 5.92 Å². The van der Waals surface area contributed by atoms with Gasteiger partial charge in [0.2, 0.25) is 0 Å². The maximum atomic E-state index is 4.70. The number of nitrogens with zero attached hydrogens (tertiary/aromatic N) is 2. The Morgan fingerprint density at radius 3 is 2.60 bits per heavy atom. The van der Waals surface area contributed by atoms with E-state index in [4.69, 9.17) is 5.10 Å². The lowest BCUT2D eigenvalue weighted by molar-refractivity contribution is 0.396. The van der Waals surface area contributed by atoms with Gasteiger partial charge in [0.05, 0.1) is 5.69 Å². The van der Waals surface area contributed by atoms with Gasteiger partial charge in [0, 0.05) is 18.3 Å². The summed E-state index contributed by atoms with van der Waals surface area (Å²) in [7, 11) is 0. The zero-order valence-corrected chi connectivity index (χ0v) is 14.0. The minimum Gasteiger partial charge on any atom is -0.314 e. The summed E-state index contributed by atoms with van der Waals surface area (Å²) < 4.78 is 2.10. The van der Waals surface area contributed by atoms with Gasteiger partial charge in [0.1, 0.15) is 0 Å². The molecule has 1 N–H and O–H groups in total. The van der Waals surface area contributed by atoms with Gasteiger partial charge < -0.3 is 5.32 Å². The highest BCUT2D eigenvalue weighted by Crippen LogP contribution is 2.13. The molecule has 2 unspecified atom stereocenters. The van der Waals surface area contributed by atoms with E-state index in [0.717, 1.165) is 25.3 Å². The molecule has 0 fully saturated rings. The summed E-state index contributed by atoms with van der Waals surface area (Å²) in [6.45, 7) is 12.4. The van der Waals surface area contributed by atoms with E-state index in [1.807, 2.05) is 0 Å². The number of aromatic nitrogens is 2. The Bertz CT molecular complexity index is 357. The third-order valence-electron chi connectivity index (χ3n) is 3.89. The van der Waals surface area contributed by atoms with Crippen LogP contribution in [0.2, 0.25) is 0 Å². The van der Waals surface area contributed by atoms with Crippen molar-refractivity contribution in [2.24, 2.45) is 5.92 Å². The van der Waals surface area contributed by atoms with Gasteiger partial charge in [-0.2, -0.15) is 5.10 Å². The standard InChI is InChI=1S/C17H33N3/c1-6-11-18-17(13-14(3)4)9-8-16-10-12-20(19-16)15(5)7-2/h10,12,14-15,17-18H,6-9,11,13H2,1-5H3. The Morgan fingerprint density at radius 1 is 1.25 bits per heavy atom. The van der Waals surface area contributed by atoms with E-state index >= 15 is 0 Å². The third kappa shape index (κ3) is 6.08. The summed E-state index contributed by atoms with van der Waals surface area (Å²) in [5, 5.41) is 8.38. The van der Waals surface area contributed by atoms with E-state index in [0.29, 0.717) is 12.1 Å². The molecule has 0 bridgehead atoms. The second-order valence-corrected chi connectivity index (χ2v) is 6.36. The first-order chi connectivity index (χ1) is 9.56. The van der Waals surface area contributed by atoms with Crippen LogP contribution < -0.4 is 5.32 Å². The summed E-state index contributed by atoms with van der Waals surface area (Å²) in [6.07, 6.45) is 7.99. The van der Waals surface area contributed by atoms with Crippen molar-refractivity contribution in [2.45, 2.75) is 78.8 Å². The van der Waals surface area contributed by atoms with Crippen LogP contribution in [-0.4, -0.2) is 22.4 Å². The number of aryl methyl sites for hydroxylation is 1. The van der Waals surface area contributed by atoms with E-state index in [9.17, 15) is 0 Å². The first-order valence-electron chi connectivity index (χ1n) is 8.34. The van der Waals surface area contributed by atoms with Gasteiger partial charge in [-0.3, -0.25) is 4.68 Å². The number of rotatable bonds is 10. The molecule has 2 atom stereocenters. The Labute approximate surface area is 125 Å². The fraction of sp³-hybridized carbons (Fsp3) is 0.824. The Balaban J connectivity index is 2.47. The van der Waals surface area contributed by atoms with Crippen LogP contribution in [0.25, 0.3) is 0 Å². The molecule has 1 aromatic rings. The Hall–Kier alpha value is -0.830. The third-order valence-corrected chi connectivity index (χ3v) is 3.89. The molecular formula is C17H33N3. The molecule has 0 spiro atoms. The fourth-order valence-electron chi connectivity index (χ4n) is 2.49. The van der Waals surface area contributed by atoms with E-state index in [1.165, 1.54) is 25.0 Å². The van der Waals surface area contributed by atoms with Crippen molar-refractivity contribution in [3.8, 4) is 0 Å². The average molecular weight is 279 g/mol. The topological polar surface area (TPSA) is 29.9 Å². The molecular weight excluding hydrogens is 246 g/mol. The molecule has 116 valence electrons. The van der Waals surface area contributed by atoms with Crippen molar-refractivity contribution >= 4 is 0 Å². The highest BCUT2D eigenvalue weighted by atomic mass is 15.3. The van der Waals surface area contributed by atoms with Gasteiger partial charge in [-0.15, -0.1) is 0 Å². The lowest BCUT2D eigenvalue weighted by Crippen LogP contribution is -2.31. The van der Waals surface area contributed by atoms with Crippen molar-refractivity contribution in [2.75, 3.05) is 6.54 Å². The molecule has 20 heavy (non-hydrogen) atoms. The monoisotopic (exact) mass is 279 g/mol. The van der Waals surface area contributed by atoms with E-state index in [1.54, 1.807) is 0 Å². The van der Waals surface area contributed by atoms with Crippen LogP contribution >= 0.6 is 0 Å². The summed E-state index contributed by atoms with van der Waals surface area (Å²) >= 11 is 0. The fourth-order valence-corrected chi connectivity index (χ4v) is 2.49. The van der Waals surface area contributed by atoms with Crippen LogP contribution in [0.3, 0.4) is 0 Å². The maximum Gasteiger partial charge on any atom is 0.0625 e. The zero-order valence-electron chi connectivity index (χ0n) is 14.0. The summed E-state index contributed by atoms with van der Waals surface area (Å²) in [5.74, 6) is 0.752. The molecule has 0 radical (unpaired) electrons. The van der Waals surface area contributed by atoms with Crippen LogP contribution in [0.15, 0.2) is 12.3 Å². The minimum absolute atomic E-state index is 0.508. The Morgan fingerprint density at radius 2 is 2.00 bits per heavy atom. The normalized spacial score (nSPS) is 14.7. The molecule has 0 saturated carbocycles. The zero-order chi connectivity index (χ0) is 15.0. The lowest BCUT2D eigenvalue weighted by Gasteiger charge is -2.20. The van der Waals surface area contributed by atoms with Gasteiger partial charge in [-0.05, 0) is 57.6 Å². The van der Waals surface area contributed by atoms with Gasteiger partial charge in [0.15, 0.2) is 0 Å². The number of hydrogen-bond donors (Lipinski definition) is 1. The molecule has 3 nitrogen and oxygen atoms in total. The van der Waals surface area contributed by atoms with Crippen molar-refractivity contribution in [1.29, 1.82) is 0 Å². The highest BCUT2D eigenvalue weighted by Gasteiger charge is 2.11. The van der Waals surface area contributed by atoms with E-state index in [-0.39, 0.29) is 0 Å². The van der Waals surface area contributed by atoms with E-state index < -0.39 is 0 Å². The van der Waals surface area contributed by atoms with Crippen molar-refractivity contribution in [3.63, 3.8) is 0 Å². The molecule has 1 rings (SSSR count). The average Bonchev–Trinajstić information content (AvgIpc) is 2.89. The van der Waals surface area contributed by atoms with Crippen LogP contribution in [0.4, 0.5) is 0 Å². The summed E-state index contributed by atoms with van der Waals surface area (Å²) in [4.78, 5) is 0. The molecule has 0 aromatic carbocycles. The van der Waals surface area contributed by atoms with Gasteiger partial charge in [-0.25, -0.2) is 0 Å². The van der Waals surface area contributed by atoms with Gasteiger partial charge in [-0.1, -0.05) is 27.7 Å². The van der Waals surface area contributed by atoms with Crippen molar-refractivity contribution in [3.05, 3.63) is 18.0 Å². The summed E-state index contributed by atoms with van der Waals surface area (Å²) in [5.41, 5.74) is 1.23. The maximum absolute atomic E-state index is 4.70. The van der Waals surface area contributed by atoms with E-state index in [2.05, 4.69) is 56.9 Å². The smallest absolute Gasteiger partial charge is 0.0625 e. The second kappa shape index (κ2) is 9.17. The number of hydrogen-bond acceptors (Lipinski definition) is 2. The second-order valence-electron chi connectivity index (χ2n) is 6.36. The highest BCUT2D eigenvalue weighted by molar-refractivity contribution is 5.00. The molecule has 1 aromatic heterocycles. The number of nitrogens with one attached hydrogen (secondary N) is 1. The molecule has 0 saturated heterocycles. The molecule has 0 aliphatic rings. The molecule has 1 heterocycles. The van der Waals surface area contributed by atoms with Crippen LogP contribution in [0.1, 0.15) is 72.0 Å². The molecule has 0 amide bonds. The molecule has 0 aliphatic carbocycles. The van der Waals surface area contributed by atoms with Crippen molar-refractivity contribution < 1.29 is 0 Å². The predicted molar refractivity (Wildman–Crippen MR) is 87.1 cm³/mol. The van der Waals surface area contributed by atoms with Gasteiger partial charge in [0.25, 0.3) is 0 Å². The van der Waals surface area contributed by atoms with Gasteiger partial charge >= 0.3 is 0 Å². The quantitative estimate of drug-likeness (QED) is 0.695. The van der Waals surface area contributed by atoms with Crippen molar-refractivity contribution in [1.82, 2.24) is 15.1 Å². The lowest BCUT2D eigenvalue weighted by atomic mass is 9.99. The first-order valence-corrected chi connectivity index (χ1v) is 8.34.